The molecule has 1 saturated heterocycles. The Morgan fingerprint density at radius 2 is 1.76 bits per heavy atom. The molecule has 4 aromatic rings. The molecule has 0 amide bonds. The van der Waals surface area contributed by atoms with Crippen LogP contribution in [0.2, 0.25) is 0 Å². The Kier molecular flexibility index (Phi) is 5.96. The first-order valence-electron chi connectivity index (χ1n) is 12.6. The molecule has 0 saturated carbocycles. The minimum Gasteiger partial charge on any atom is -0.465 e. The molecule has 7 heteroatoms. The Balaban J connectivity index is 1.65. The van der Waals surface area contributed by atoms with Crippen LogP contribution in [-0.4, -0.2) is 51.7 Å². The summed E-state index contributed by atoms with van der Waals surface area (Å²) in [5.41, 5.74) is 4.27. The van der Waals surface area contributed by atoms with Crippen molar-refractivity contribution >= 4 is 33.5 Å². The van der Waals surface area contributed by atoms with Gasteiger partial charge < -0.3 is 14.6 Å². The van der Waals surface area contributed by atoms with E-state index in [1.54, 1.807) is 12.3 Å². The van der Waals surface area contributed by atoms with Gasteiger partial charge in [0.2, 0.25) is 0 Å². The minimum atomic E-state index is -0.374. The zero-order chi connectivity index (χ0) is 26.5. The van der Waals surface area contributed by atoms with Gasteiger partial charge >= 0.3 is 5.97 Å². The molecular formula is C30H33N5O2. The van der Waals surface area contributed by atoms with Gasteiger partial charge in [-0.3, -0.25) is 4.90 Å². The fourth-order valence-corrected chi connectivity index (χ4v) is 6.05. The van der Waals surface area contributed by atoms with Crippen molar-refractivity contribution in [3.63, 3.8) is 0 Å². The van der Waals surface area contributed by atoms with Crippen LogP contribution in [0.15, 0.2) is 54.7 Å². The van der Waals surface area contributed by atoms with Gasteiger partial charge in [-0.15, -0.1) is 0 Å². The van der Waals surface area contributed by atoms with Gasteiger partial charge in [-0.2, -0.15) is 5.26 Å². The maximum atomic E-state index is 12.6. The Bertz CT molecular complexity index is 1540. The number of fused-ring (bicyclic) bond motifs is 3. The van der Waals surface area contributed by atoms with Gasteiger partial charge in [0.1, 0.15) is 6.07 Å². The standard InChI is InChI=1S/C30H33N5O2/c1-29(2)15-19(16-30(3,4)34(29)5)33-23-14-20(18-32-24(23)17-31)35-25-12-8-7-10-21(25)27-22(28(36)37-6)11-9-13-26(27)35/h7-14,18-19,33H,15-16H2,1-6H3. The van der Waals surface area contributed by atoms with Crippen LogP contribution in [0.25, 0.3) is 27.5 Å². The molecule has 3 heterocycles. The number of pyridine rings is 1. The summed E-state index contributed by atoms with van der Waals surface area (Å²) in [4.78, 5) is 19.6. The smallest absolute Gasteiger partial charge is 0.338 e. The molecule has 0 unspecified atom stereocenters. The Morgan fingerprint density at radius 3 is 2.43 bits per heavy atom. The van der Waals surface area contributed by atoms with Crippen molar-refractivity contribution < 1.29 is 9.53 Å². The summed E-state index contributed by atoms with van der Waals surface area (Å²) in [6.45, 7) is 9.05. The average Bonchev–Trinajstić information content (AvgIpc) is 3.21. The fraction of sp³-hybridized carbons (Fsp3) is 0.367. The van der Waals surface area contributed by atoms with E-state index in [4.69, 9.17) is 4.74 Å². The van der Waals surface area contributed by atoms with Crippen molar-refractivity contribution in [3.8, 4) is 11.8 Å². The molecule has 190 valence electrons. The number of carbonyl (C=O) groups is 1. The van der Waals surface area contributed by atoms with E-state index in [1.807, 2.05) is 42.5 Å². The van der Waals surface area contributed by atoms with Gasteiger partial charge in [-0.25, -0.2) is 9.78 Å². The van der Waals surface area contributed by atoms with E-state index >= 15 is 0 Å². The molecule has 1 N–H and O–H groups in total. The van der Waals surface area contributed by atoms with E-state index in [2.05, 4.69) is 60.6 Å². The predicted molar refractivity (Wildman–Crippen MR) is 147 cm³/mol. The summed E-state index contributed by atoms with van der Waals surface area (Å²) in [5.74, 6) is -0.374. The van der Waals surface area contributed by atoms with E-state index in [0.717, 1.165) is 46.0 Å². The summed E-state index contributed by atoms with van der Waals surface area (Å²) in [5, 5.41) is 15.3. The predicted octanol–water partition coefficient (Wildman–Crippen LogP) is 5.90. The number of esters is 1. The van der Waals surface area contributed by atoms with Crippen molar-refractivity contribution in [2.75, 3.05) is 19.5 Å². The van der Waals surface area contributed by atoms with Gasteiger partial charge in [0.05, 0.1) is 41.3 Å². The van der Waals surface area contributed by atoms with Gasteiger partial charge in [0.15, 0.2) is 5.69 Å². The molecule has 0 spiro atoms. The maximum Gasteiger partial charge on any atom is 0.338 e. The van der Waals surface area contributed by atoms with Crippen LogP contribution in [-0.2, 0) is 4.74 Å². The summed E-state index contributed by atoms with van der Waals surface area (Å²) < 4.78 is 7.17. The third kappa shape index (κ3) is 4.11. The quantitative estimate of drug-likeness (QED) is 0.355. The average molecular weight is 496 g/mol. The Hall–Kier alpha value is -3.89. The number of nitriles is 1. The van der Waals surface area contributed by atoms with Crippen LogP contribution in [0, 0.1) is 11.3 Å². The number of methoxy groups -OCH3 is 1. The second-order valence-electron chi connectivity index (χ2n) is 11.2. The molecular weight excluding hydrogens is 462 g/mol. The summed E-state index contributed by atoms with van der Waals surface area (Å²) in [6, 6.07) is 18.1. The van der Waals surface area contributed by atoms with Crippen LogP contribution in [0.4, 0.5) is 5.69 Å². The van der Waals surface area contributed by atoms with E-state index < -0.39 is 0 Å². The second-order valence-corrected chi connectivity index (χ2v) is 11.2. The summed E-state index contributed by atoms with van der Waals surface area (Å²) in [7, 11) is 3.58. The highest BCUT2D eigenvalue weighted by atomic mass is 16.5. The van der Waals surface area contributed by atoms with Crippen molar-refractivity contribution in [1.29, 1.82) is 5.26 Å². The van der Waals surface area contributed by atoms with Gasteiger partial charge in [-0.1, -0.05) is 24.3 Å². The first kappa shape index (κ1) is 24.8. The van der Waals surface area contributed by atoms with Crippen LogP contribution >= 0.6 is 0 Å². The second kappa shape index (κ2) is 8.89. The molecule has 7 nitrogen and oxygen atoms in total. The third-order valence-electron chi connectivity index (χ3n) is 8.01. The number of hydrogen-bond donors (Lipinski definition) is 1. The number of ether oxygens (including phenoxy) is 1. The first-order chi connectivity index (χ1) is 17.6. The number of nitrogens with one attached hydrogen (secondary N) is 1. The zero-order valence-corrected chi connectivity index (χ0v) is 22.3. The van der Waals surface area contributed by atoms with Gasteiger partial charge in [0.25, 0.3) is 0 Å². The number of benzene rings is 2. The van der Waals surface area contributed by atoms with E-state index in [-0.39, 0.29) is 23.1 Å². The largest absolute Gasteiger partial charge is 0.465 e. The molecule has 0 aliphatic carbocycles. The molecule has 5 rings (SSSR count). The van der Waals surface area contributed by atoms with Crippen molar-refractivity contribution in [2.45, 2.75) is 57.7 Å². The Morgan fingerprint density at radius 1 is 1.08 bits per heavy atom. The molecule has 0 atom stereocenters. The molecule has 0 radical (unpaired) electrons. The third-order valence-corrected chi connectivity index (χ3v) is 8.01. The summed E-state index contributed by atoms with van der Waals surface area (Å²) >= 11 is 0. The minimum absolute atomic E-state index is 0.00832. The lowest BCUT2D eigenvalue weighted by Gasteiger charge is -2.53. The number of hydrogen-bond acceptors (Lipinski definition) is 6. The fourth-order valence-electron chi connectivity index (χ4n) is 6.05. The Labute approximate surface area is 217 Å². The molecule has 2 aromatic heterocycles. The number of likely N-dealkylation sites (tertiary alicyclic amines) is 1. The normalized spacial score (nSPS) is 17.5. The lowest BCUT2D eigenvalue weighted by atomic mass is 9.77. The van der Waals surface area contributed by atoms with Crippen LogP contribution in [0.3, 0.4) is 0 Å². The number of carbonyl (C=O) groups excluding carboxylic acids is 1. The van der Waals surface area contributed by atoms with Crippen molar-refractivity contribution in [3.05, 3.63) is 66.0 Å². The molecule has 2 aromatic carbocycles. The van der Waals surface area contributed by atoms with Crippen LogP contribution < -0.4 is 5.32 Å². The maximum absolute atomic E-state index is 12.6. The highest BCUT2D eigenvalue weighted by Crippen LogP contribution is 2.39. The molecule has 37 heavy (non-hydrogen) atoms. The monoisotopic (exact) mass is 495 g/mol. The number of piperidine rings is 1. The molecule has 1 fully saturated rings. The SMILES string of the molecule is COC(=O)c1cccc2c1c1ccccc1n2-c1cnc(C#N)c(NC2CC(C)(C)N(C)C(C)(C)C2)c1. The van der Waals surface area contributed by atoms with E-state index in [9.17, 15) is 10.1 Å². The van der Waals surface area contributed by atoms with E-state index in [0.29, 0.717) is 11.3 Å². The lowest BCUT2D eigenvalue weighted by molar-refractivity contribution is -0.00768. The molecule has 0 bridgehead atoms. The topological polar surface area (TPSA) is 83.2 Å². The first-order valence-corrected chi connectivity index (χ1v) is 12.6. The zero-order valence-electron chi connectivity index (χ0n) is 22.3. The number of anilines is 1. The molecule has 1 aliphatic rings. The van der Waals surface area contributed by atoms with E-state index in [1.165, 1.54) is 7.11 Å². The highest BCUT2D eigenvalue weighted by molar-refractivity contribution is 6.17. The van der Waals surface area contributed by atoms with Gasteiger partial charge in [0, 0.05) is 27.9 Å². The summed E-state index contributed by atoms with van der Waals surface area (Å²) in [6.07, 6.45) is 3.61. The molecule has 1 aliphatic heterocycles. The van der Waals surface area contributed by atoms with Crippen molar-refractivity contribution in [1.82, 2.24) is 14.5 Å². The van der Waals surface area contributed by atoms with Gasteiger partial charge in [-0.05, 0) is 71.8 Å². The van der Waals surface area contributed by atoms with Crippen LogP contribution in [0.1, 0.15) is 56.6 Å². The van der Waals surface area contributed by atoms with Crippen LogP contribution in [0.5, 0.6) is 0 Å². The number of aromatic nitrogens is 2. The number of nitrogens with zero attached hydrogens (tertiary/aromatic N) is 4. The number of rotatable bonds is 4. The highest BCUT2D eigenvalue weighted by Gasteiger charge is 2.43. The van der Waals surface area contributed by atoms with Crippen molar-refractivity contribution in [2.24, 2.45) is 0 Å². The lowest BCUT2D eigenvalue weighted by Crippen LogP contribution is -2.61. The number of para-hydroxylation sites is 1.